The van der Waals surface area contributed by atoms with Crippen molar-refractivity contribution in [2.45, 2.75) is 45.6 Å². The molecule has 16 heavy (non-hydrogen) atoms. The Bertz CT molecular complexity index is 373. The van der Waals surface area contributed by atoms with Crippen molar-refractivity contribution in [3.63, 3.8) is 0 Å². The number of nitrogens with two attached hydrogens (primary N) is 2. The SMILES string of the molecule is Cc1cc(C(C)(C)C)ccc1C(C)(N)CN. The van der Waals surface area contributed by atoms with E-state index in [1.54, 1.807) is 0 Å². The van der Waals surface area contributed by atoms with Crippen LogP contribution in [0.25, 0.3) is 0 Å². The molecule has 2 heteroatoms. The fourth-order valence-electron chi connectivity index (χ4n) is 1.88. The predicted octanol–water partition coefficient (Wildman–Crippen LogP) is 2.43. The average Bonchev–Trinajstić information content (AvgIpc) is 2.16. The summed E-state index contributed by atoms with van der Waals surface area (Å²) >= 11 is 0. The summed E-state index contributed by atoms with van der Waals surface area (Å²) in [6.07, 6.45) is 0. The molecule has 0 bridgehead atoms. The molecule has 0 radical (unpaired) electrons. The van der Waals surface area contributed by atoms with Gasteiger partial charge in [-0.2, -0.15) is 0 Å². The lowest BCUT2D eigenvalue weighted by atomic mass is 9.82. The summed E-state index contributed by atoms with van der Waals surface area (Å²) < 4.78 is 0. The zero-order valence-electron chi connectivity index (χ0n) is 11.1. The molecule has 0 aliphatic rings. The molecule has 4 N–H and O–H groups in total. The standard InChI is InChI=1S/C14H24N2/c1-10-8-11(13(2,3)4)6-7-12(10)14(5,16)9-15/h6-8H,9,15-16H2,1-5H3. The van der Waals surface area contributed by atoms with Crippen LogP contribution in [0.3, 0.4) is 0 Å². The monoisotopic (exact) mass is 220 g/mol. The molecular formula is C14H24N2. The summed E-state index contributed by atoms with van der Waals surface area (Å²) in [7, 11) is 0. The maximum absolute atomic E-state index is 6.17. The Morgan fingerprint density at radius 1 is 1.12 bits per heavy atom. The average molecular weight is 220 g/mol. The minimum Gasteiger partial charge on any atom is -0.328 e. The molecule has 0 aliphatic carbocycles. The molecule has 0 aliphatic heterocycles. The van der Waals surface area contributed by atoms with Crippen LogP contribution in [-0.4, -0.2) is 6.54 Å². The highest BCUT2D eigenvalue weighted by Gasteiger charge is 2.22. The van der Waals surface area contributed by atoms with Crippen molar-refractivity contribution in [1.82, 2.24) is 0 Å². The topological polar surface area (TPSA) is 52.0 Å². The molecule has 1 rings (SSSR count). The van der Waals surface area contributed by atoms with E-state index >= 15 is 0 Å². The van der Waals surface area contributed by atoms with Gasteiger partial charge in [0.2, 0.25) is 0 Å². The normalized spacial score (nSPS) is 15.9. The van der Waals surface area contributed by atoms with Crippen molar-refractivity contribution in [1.29, 1.82) is 0 Å². The van der Waals surface area contributed by atoms with Crippen molar-refractivity contribution in [2.24, 2.45) is 11.5 Å². The van der Waals surface area contributed by atoms with E-state index in [1.165, 1.54) is 11.1 Å². The van der Waals surface area contributed by atoms with Gasteiger partial charge in [0.1, 0.15) is 0 Å². The summed E-state index contributed by atoms with van der Waals surface area (Å²) in [4.78, 5) is 0. The molecule has 0 saturated heterocycles. The van der Waals surface area contributed by atoms with E-state index in [1.807, 2.05) is 6.92 Å². The van der Waals surface area contributed by atoms with Crippen LogP contribution in [0.5, 0.6) is 0 Å². The first-order valence-corrected chi connectivity index (χ1v) is 5.79. The number of hydrogen-bond acceptors (Lipinski definition) is 2. The molecule has 0 heterocycles. The van der Waals surface area contributed by atoms with Crippen LogP contribution in [0.1, 0.15) is 44.4 Å². The highest BCUT2D eigenvalue weighted by atomic mass is 14.8. The zero-order chi connectivity index (χ0) is 12.6. The Morgan fingerprint density at radius 2 is 1.69 bits per heavy atom. The molecule has 0 saturated carbocycles. The van der Waals surface area contributed by atoms with E-state index in [4.69, 9.17) is 11.5 Å². The van der Waals surface area contributed by atoms with Crippen molar-refractivity contribution >= 4 is 0 Å². The first kappa shape index (κ1) is 13.2. The fourth-order valence-corrected chi connectivity index (χ4v) is 1.88. The molecule has 0 fully saturated rings. The van der Waals surface area contributed by atoms with E-state index in [0.29, 0.717) is 6.54 Å². The van der Waals surface area contributed by atoms with E-state index in [2.05, 4.69) is 45.9 Å². The highest BCUT2D eigenvalue weighted by molar-refractivity contribution is 5.38. The fraction of sp³-hybridized carbons (Fsp3) is 0.571. The third-order valence-electron chi connectivity index (χ3n) is 3.13. The van der Waals surface area contributed by atoms with E-state index < -0.39 is 5.54 Å². The van der Waals surface area contributed by atoms with Crippen LogP contribution in [0, 0.1) is 6.92 Å². The van der Waals surface area contributed by atoms with Crippen LogP contribution in [0.4, 0.5) is 0 Å². The van der Waals surface area contributed by atoms with Crippen molar-refractivity contribution in [3.05, 3.63) is 34.9 Å². The van der Waals surface area contributed by atoms with Crippen LogP contribution in [0.2, 0.25) is 0 Å². The molecule has 0 spiro atoms. The van der Waals surface area contributed by atoms with Gasteiger partial charge in [0.15, 0.2) is 0 Å². The van der Waals surface area contributed by atoms with Gasteiger partial charge in [-0.3, -0.25) is 0 Å². The Labute approximate surface area is 99.0 Å². The van der Waals surface area contributed by atoms with E-state index in [-0.39, 0.29) is 5.41 Å². The van der Waals surface area contributed by atoms with Gasteiger partial charge in [-0.05, 0) is 36.0 Å². The summed E-state index contributed by atoms with van der Waals surface area (Å²) in [6.45, 7) is 11.2. The second kappa shape index (κ2) is 4.19. The maximum atomic E-state index is 6.17. The summed E-state index contributed by atoms with van der Waals surface area (Å²) in [6, 6.07) is 6.49. The van der Waals surface area contributed by atoms with Crippen molar-refractivity contribution in [3.8, 4) is 0 Å². The molecule has 0 amide bonds. The molecule has 1 aromatic rings. The summed E-state index contributed by atoms with van der Waals surface area (Å²) in [5.41, 5.74) is 15.3. The van der Waals surface area contributed by atoms with Gasteiger partial charge in [-0.1, -0.05) is 39.0 Å². The largest absolute Gasteiger partial charge is 0.328 e. The van der Waals surface area contributed by atoms with E-state index in [9.17, 15) is 0 Å². The zero-order valence-corrected chi connectivity index (χ0v) is 11.1. The van der Waals surface area contributed by atoms with Crippen LogP contribution >= 0.6 is 0 Å². The third-order valence-corrected chi connectivity index (χ3v) is 3.13. The smallest absolute Gasteiger partial charge is 0.0507 e. The number of aryl methyl sites for hydroxylation is 1. The molecule has 1 unspecified atom stereocenters. The Hall–Kier alpha value is -0.860. The van der Waals surface area contributed by atoms with E-state index in [0.717, 1.165) is 5.56 Å². The summed E-state index contributed by atoms with van der Waals surface area (Å²) in [5, 5.41) is 0. The summed E-state index contributed by atoms with van der Waals surface area (Å²) in [5.74, 6) is 0. The molecule has 0 aromatic heterocycles. The molecule has 90 valence electrons. The Morgan fingerprint density at radius 3 is 2.06 bits per heavy atom. The first-order chi connectivity index (χ1) is 7.18. The minimum atomic E-state index is -0.430. The lowest BCUT2D eigenvalue weighted by Gasteiger charge is -2.27. The van der Waals surface area contributed by atoms with Crippen LogP contribution < -0.4 is 11.5 Å². The first-order valence-electron chi connectivity index (χ1n) is 5.79. The van der Waals surface area contributed by atoms with Crippen molar-refractivity contribution < 1.29 is 0 Å². The molecule has 1 atom stereocenters. The lowest BCUT2D eigenvalue weighted by Crippen LogP contribution is -2.41. The third kappa shape index (κ3) is 2.63. The number of rotatable bonds is 2. The van der Waals surface area contributed by atoms with Gasteiger partial charge < -0.3 is 11.5 Å². The lowest BCUT2D eigenvalue weighted by molar-refractivity contribution is 0.503. The van der Waals surface area contributed by atoms with Crippen LogP contribution in [0.15, 0.2) is 18.2 Å². The van der Waals surface area contributed by atoms with Gasteiger partial charge in [0.25, 0.3) is 0 Å². The van der Waals surface area contributed by atoms with Gasteiger partial charge >= 0.3 is 0 Å². The Kier molecular flexibility index (Phi) is 3.46. The van der Waals surface area contributed by atoms with Gasteiger partial charge in [0.05, 0.1) is 5.54 Å². The second-order valence-corrected chi connectivity index (χ2v) is 5.90. The number of benzene rings is 1. The quantitative estimate of drug-likeness (QED) is 0.804. The maximum Gasteiger partial charge on any atom is 0.0507 e. The minimum absolute atomic E-state index is 0.178. The second-order valence-electron chi connectivity index (χ2n) is 5.90. The van der Waals surface area contributed by atoms with Gasteiger partial charge in [0, 0.05) is 6.54 Å². The highest BCUT2D eigenvalue weighted by Crippen LogP contribution is 2.27. The Balaban J connectivity index is 3.20. The molecule has 1 aromatic carbocycles. The molecule has 2 nitrogen and oxygen atoms in total. The predicted molar refractivity (Wildman–Crippen MR) is 70.5 cm³/mol. The van der Waals surface area contributed by atoms with Crippen LogP contribution in [-0.2, 0) is 11.0 Å². The molecular weight excluding hydrogens is 196 g/mol. The van der Waals surface area contributed by atoms with Crippen molar-refractivity contribution in [2.75, 3.05) is 6.54 Å². The van der Waals surface area contributed by atoms with Gasteiger partial charge in [-0.25, -0.2) is 0 Å². The number of hydrogen-bond donors (Lipinski definition) is 2. The van der Waals surface area contributed by atoms with Gasteiger partial charge in [-0.15, -0.1) is 0 Å².